The summed E-state index contributed by atoms with van der Waals surface area (Å²) in [7, 11) is 0. The Morgan fingerprint density at radius 3 is 1.24 bits per heavy atom. The van der Waals surface area contributed by atoms with E-state index in [9.17, 15) is 45.6 Å². The second kappa shape index (κ2) is 46.6. The summed E-state index contributed by atoms with van der Waals surface area (Å²) in [5.74, 6) is -0.235. The molecule has 12 unspecified atom stereocenters. The maximum atomic E-state index is 13.2. The van der Waals surface area contributed by atoms with E-state index in [0.29, 0.717) is 6.42 Å². The second-order valence-corrected chi connectivity index (χ2v) is 22.2. The molecule has 0 aromatic heterocycles. The molecule has 14 nitrogen and oxygen atoms in total. The smallest absolute Gasteiger partial charge is 0.220 e. The minimum atomic E-state index is -1.78. The number of hydrogen-bond donors (Lipinski definition) is 9. The summed E-state index contributed by atoms with van der Waals surface area (Å²) < 4.78 is 22.7. The van der Waals surface area contributed by atoms with E-state index >= 15 is 0 Å². The molecule has 12 atom stereocenters. The summed E-state index contributed by atoms with van der Waals surface area (Å²) in [6.45, 7) is 2.81. The Bertz CT molecular complexity index is 1290. The lowest BCUT2D eigenvalue weighted by molar-refractivity contribution is -0.359. The van der Waals surface area contributed by atoms with Crippen LogP contribution in [0, 0.1) is 0 Å². The van der Waals surface area contributed by atoms with Crippen LogP contribution in [-0.4, -0.2) is 140 Å². The van der Waals surface area contributed by atoms with E-state index in [-0.39, 0.29) is 18.9 Å². The third-order valence-corrected chi connectivity index (χ3v) is 15.5. The van der Waals surface area contributed by atoms with Gasteiger partial charge in [0.05, 0.1) is 32.0 Å². The number of carbonyl (C=O) groups is 1. The number of amides is 1. The molecule has 2 fully saturated rings. The molecule has 14 heteroatoms. The number of ether oxygens (including phenoxy) is 4. The van der Waals surface area contributed by atoms with Crippen LogP contribution in [0.3, 0.4) is 0 Å². The van der Waals surface area contributed by atoms with Gasteiger partial charge in [0.25, 0.3) is 0 Å². The summed E-state index contributed by atoms with van der Waals surface area (Å²) >= 11 is 0. The molecular formula is C60H115NO13. The molecule has 9 N–H and O–H groups in total. The van der Waals surface area contributed by atoms with Crippen molar-refractivity contribution < 1.29 is 64.6 Å². The lowest BCUT2D eigenvalue weighted by Gasteiger charge is -2.46. The van der Waals surface area contributed by atoms with Crippen molar-refractivity contribution >= 4 is 5.91 Å². The number of carbonyl (C=O) groups excluding carboxylic acids is 1. The maximum Gasteiger partial charge on any atom is 0.220 e. The van der Waals surface area contributed by atoms with Crippen LogP contribution in [0.1, 0.15) is 271 Å². The van der Waals surface area contributed by atoms with Crippen LogP contribution in [0.15, 0.2) is 12.2 Å². The molecule has 0 spiro atoms. The lowest BCUT2D eigenvalue weighted by Crippen LogP contribution is -2.65. The largest absolute Gasteiger partial charge is 0.394 e. The van der Waals surface area contributed by atoms with Gasteiger partial charge in [0.15, 0.2) is 12.6 Å². The SMILES string of the molecule is CCCCCCCCCCC/C=C/C(O)C(COC1OC(CO)C(OC2OC(CO)C(O)C(O)C2O)C(O)C1O)NC(=O)CCCCCCCCCCCCCCCCCCCCCCCCCCCCCCC. The van der Waals surface area contributed by atoms with Crippen LogP contribution in [-0.2, 0) is 23.7 Å². The number of aliphatic hydroxyl groups excluding tert-OH is 8. The normalized spacial score (nSPS) is 25.2. The van der Waals surface area contributed by atoms with Gasteiger partial charge in [-0.15, -0.1) is 0 Å². The van der Waals surface area contributed by atoms with Crippen molar-refractivity contribution in [2.45, 2.75) is 344 Å². The van der Waals surface area contributed by atoms with Crippen molar-refractivity contribution in [2.24, 2.45) is 0 Å². The van der Waals surface area contributed by atoms with Gasteiger partial charge >= 0.3 is 0 Å². The minimum absolute atomic E-state index is 0.235. The number of nitrogens with one attached hydrogen (secondary N) is 1. The molecule has 0 saturated carbocycles. The molecule has 1 amide bonds. The van der Waals surface area contributed by atoms with E-state index in [0.717, 1.165) is 38.5 Å². The zero-order valence-corrected chi connectivity index (χ0v) is 47.1. The van der Waals surface area contributed by atoms with Crippen molar-refractivity contribution in [2.75, 3.05) is 19.8 Å². The molecule has 0 radical (unpaired) electrons. The van der Waals surface area contributed by atoms with Gasteiger partial charge in [-0.1, -0.05) is 257 Å². The fraction of sp³-hybridized carbons (Fsp3) is 0.950. The van der Waals surface area contributed by atoms with E-state index in [1.807, 2.05) is 6.08 Å². The Morgan fingerprint density at radius 2 is 0.838 bits per heavy atom. The second-order valence-electron chi connectivity index (χ2n) is 22.2. The molecular weight excluding hydrogens is 943 g/mol. The number of unbranched alkanes of at least 4 members (excludes halogenated alkanes) is 37. The topological polar surface area (TPSA) is 228 Å². The van der Waals surface area contributed by atoms with E-state index in [4.69, 9.17) is 18.9 Å². The molecule has 2 aliphatic rings. The summed E-state index contributed by atoms with van der Waals surface area (Å²) in [6, 6.07) is -0.908. The predicted octanol–water partition coefficient (Wildman–Crippen LogP) is 10.7. The first kappa shape index (κ1) is 68.8. The molecule has 438 valence electrons. The Balaban J connectivity index is 1.64. The van der Waals surface area contributed by atoms with Crippen LogP contribution < -0.4 is 5.32 Å². The fourth-order valence-electron chi connectivity index (χ4n) is 10.5. The number of aliphatic hydroxyl groups is 8. The van der Waals surface area contributed by atoms with E-state index < -0.39 is 86.8 Å². The van der Waals surface area contributed by atoms with Gasteiger partial charge in [0, 0.05) is 6.42 Å². The van der Waals surface area contributed by atoms with Gasteiger partial charge in [-0.05, 0) is 19.3 Å². The standard InChI is InChI=1S/C60H115NO13/c1-3-5-7-9-11-13-15-16-17-18-19-20-21-22-23-24-25-26-27-28-29-30-31-32-34-36-38-40-42-44-52(65)61-48(49(64)43-41-39-37-35-33-14-12-10-8-6-4-2)47-71-59-57(70)55(68)58(51(46-63)73-59)74-60-56(69)54(67)53(66)50(45-62)72-60/h41,43,48-51,53-60,62-64,66-70H,3-40,42,44-47H2,1-2H3,(H,61,65)/b43-41+. The molecule has 0 aromatic carbocycles. The highest BCUT2D eigenvalue weighted by Crippen LogP contribution is 2.30. The monoisotopic (exact) mass is 1060 g/mol. The highest BCUT2D eigenvalue weighted by atomic mass is 16.7. The van der Waals surface area contributed by atoms with Crippen LogP contribution in [0.5, 0.6) is 0 Å². The van der Waals surface area contributed by atoms with Crippen LogP contribution in [0.4, 0.5) is 0 Å². The zero-order valence-electron chi connectivity index (χ0n) is 47.1. The molecule has 0 aromatic rings. The number of hydrogen-bond acceptors (Lipinski definition) is 13. The Labute approximate surface area is 450 Å². The Morgan fingerprint density at radius 1 is 0.473 bits per heavy atom. The van der Waals surface area contributed by atoms with Crippen molar-refractivity contribution in [3.8, 4) is 0 Å². The highest BCUT2D eigenvalue weighted by molar-refractivity contribution is 5.76. The summed E-state index contributed by atoms with van der Waals surface area (Å²) in [4.78, 5) is 13.2. The van der Waals surface area contributed by atoms with Gasteiger partial charge in [0.1, 0.15) is 48.8 Å². The Hall–Kier alpha value is -1.27. The summed E-state index contributed by atoms with van der Waals surface area (Å²) in [5, 5.41) is 86.9. The first-order chi connectivity index (χ1) is 36.1. The molecule has 2 saturated heterocycles. The fourth-order valence-corrected chi connectivity index (χ4v) is 10.5. The van der Waals surface area contributed by atoms with Gasteiger partial charge in [-0.25, -0.2) is 0 Å². The molecule has 2 aliphatic heterocycles. The molecule has 2 heterocycles. The molecule has 0 bridgehead atoms. The quantitative estimate of drug-likeness (QED) is 0.0204. The molecule has 2 rings (SSSR count). The average Bonchev–Trinajstić information content (AvgIpc) is 3.40. The summed E-state index contributed by atoms with van der Waals surface area (Å²) in [5.41, 5.74) is 0. The zero-order chi connectivity index (χ0) is 53.9. The van der Waals surface area contributed by atoms with E-state index in [1.165, 1.54) is 205 Å². The Kier molecular flexibility index (Phi) is 43.4. The lowest BCUT2D eigenvalue weighted by atomic mass is 9.97. The van der Waals surface area contributed by atoms with Crippen LogP contribution in [0.2, 0.25) is 0 Å². The van der Waals surface area contributed by atoms with E-state index in [2.05, 4.69) is 19.2 Å². The average molecular weight is 1060 g/mol. The first-order valence-corrected chi connectivity index (χ1v) is 30.9. The summed E-state index contributed by atoms with van der Waals surface area (Å²) in [6.07, 6.45) is 37.1. The van der Waals surface area contributed by atoms with Crippen molar-refractivity contribution in [1.29, 1.82) is 0 Å². The third-order valence-electron chi connectivity index (χ3n) is 15.5. The third kappa shape index (κ3) is 32.0. The number of allylic oxidation sites excluding steroid dienone is 1. The number of rotatable bonds is 50. The minimum Gasteiger partial charge on any atom is -0.394 e. The maximum absolute atomic E-state index is 13.2. The first-order valence-electron chi connectivity index (χ1n) is 30.9. The van der Waals surface area contributed by atoms with E-state index in [1.54, 1.807) is 6.08 Å². The van der Waals surface area contributed by atoms with Crippen molar-refractivity contribution in [3.05, 3.63) is 12.2 Å². The van der Waals surface area contributed by atoms with Crippen LogP contribution >= 0.6 is 0 Å². The van der Waals surface area contributed by atoms with Gasteiger partial charge in [-0.2, -0.15) is 0 Å². The highest BCUT2D eigenvalue weighted by Gasteiger charge is 2.51. The van der Waals surface area contributed by atoms with Crippen molar-refractivity contribution in [1.82, 2.24) is 5.32 Å². The molecule has 74 heavy (non-hydrogen) atoms. The molecule has 0 aliphatic carbocycles. The van der Waals surface area contributed by atoms with Gasteiger partial charge in [-0.3, -0.25) is 4.79 Å². The van der Waals surface area contributed by atoms with Gasteiger partial charge < -0.3 is 65.1 Å². The predicted molar refractivity (Wildman–Crippen MR) is 295 cm³/mol. The van der Waals surface area contributed by atoms with Gasteiger partial charge in [0.2, 0.25) is 5.91 Å². The van der Waals surface area contributed by atoms with Crippen molar-refractivity contribution in [3.63, 3.8) is 0 Å². The van der Waals surface area contributed by atoms with Crippen LogP contribution in [0.25, 0.3) is 0 Å².